The number of pyridine rings is 1. The van der Waals surface area contributed by atoms with Crippen LogP contribution in [-0.4, -0.2) is 49.2 Å². The number of aromatic nitrogens is 3. The average molecular weight is 335 g/mol. The second-order valence-electron chi connectivity index (χ2n) is 5.27. The molecule has 2 heterocycles. The van der Waals surface area contributed by atoms with Crippen LogP contribution in [0.4, 0.5) is 5.69 Å². The van der Waals surface area contributed by atoms with Crippen LogP contribution >= 0.6 is 0 Å². The molecule has 0 aliphatic carbocycles. The molecule has 0 radical (unpaired) electrons. The Hall–Kier alpha value is -2.85. The topological polar surface area (TPSA) is 153 Å². The molecule has 0 spiro atoms. The van der Waals surface area contributed by atoms with Gasteiger partial charge in [0.1, 0.15) is 12.3 Å². The molecule has 0 unspecified atom stereocenters. The van der Waals surface area contributed by atoms with Gasteiger partial charge in [0, 0.05) is 25.4 Å². The molecule has 2 aromatic heterocycles. The van der Waals surface area contributed by atoms with Crippen LogP contribution in [0.5, 0.6) is 5.75 Å². The number of carboxylic acid groups (broad SMARTS) is 1. The van der Waals surface area contributed by atoms with Crippen molar-refractivity contribution in [3.05, 3.63) is 41.3 Å². The van der Waals surface area contributed by atoms with Crippen molar-refractivity contribution >= 4 is 11.7 Å². The van der Waals surface area contributed by atoms with Crippen molar-refractivity contribution in [1.29, 1.82) is 0 Å². The summed E-state index contributed by atoms with van der Waals surface area (Å²) < 4.78 is 6.85. The molecule has 2 atom stereocenters. The molecule has 10 heteroatoms. The molecule has 0 saturated heterocycles. The van der Waals surface area contributed by atoms with Crippen molar-refractivity contribution in [2.24, 2.45) is 18.0 Å². The molecule has 0 saturated carbocycles. The summed E-state index contributed by atoms with van der Waals surface area (Å²) in [6.45, 7) is -0.250. The first kappa shape index (κ1) is 17.5. The zero-order valence-electron chi connectivity index (χ0n) is 12.9. The van der Waals surface area contributed by atoms with E-state index in [0.29, 0.717) is 5.75 Å². The Morgan fingerprint density at radius 1 is 1.58 bits per heavy atom. The van der Waals surface area contributed by atoms with Gasteiger partial charge in [0.2, 0.25) is 0 Å². The van der Waals surface area contributed by atoms with Gasteiger partial charge in [-0.2, -0.15) is 5.10 Å². The first-order chi connectivity index (χ1) is 11.3. The highest BCUT2D eigenvalue weighted by Crippen LogP contribution is 2.20. The number of carbonyl (C=O) groups is 1. The number of hydrogen-bond acceptors (Lipinski definition) is 8. The van der Waals surface area contributed by atoms with Crippen molar-refractivity contribution < 1.29 is 19.7 Å². The second-order valence-corrected chi connectivity index (χ2v) is 5.27. The maximum absolute atomic E-state index is 11.5. The third kappa shape index (κ3) is 3.91. The van der Waals surface area contributed by atoms with Gasteiger partial charge in [0.25, 0.3) is 0 Å². The van der Waals surface area contributed by atoms with Crippen LogP contribution < -0.4 is 10.5 Å². The summed E-state index contributed by atoms with van der Waals surface area (Å²) in [4.78, 5) is 26.0. The van der Waals surface area contributed by atoms with Gasteiger partial charge in [0.15, 0.2) is 11.4 Å². The third-order valence-corrected chi connectivity index (χ3v) is 3.45. The second kappa shape index (κ2) is 7.15. The molecule has 0 aromatic carbocycles. The van der Waals surface area contributed by atoms with Gasteiger partial charge in [-0.05, 0) is 17.3 Å². The monoisotopic (exact) mass is 335 g/mol. The summed E-state index contributed by atoms with van der Waals surface area (Å²) in [5.74, 6) is -1.12. The molecular formula is C14H17N5O5. The molecule has 2 aromatic rings. The number of hydrogen-bond donors (Lipinski definition) is 3. The predicted molar refractivity (Wildman–Crippen MR) is 82.7 cm³/mol. The van der Waals surface area contributed by atoms with Crippen molar-refractivity contribution in [2.45, 2.75) is 18.1 Å². The fourth-order valence-electron chi connectivity index (χ4n) is 2.06. The first-order valence-electron chi connectivity index (χ1n) is 6.96. The highest BCUT2D eigenvalue weighted by atomic mass is 16.5. The minimum atomic E-state index is -2.32. The van der Waals surface area contributed by atoms with Crippen molar-refractivity contribution in [2.75, 3.05) is 6.61 Å². The Bertz CT molecular complexity index is 734. The van der Waals surface area contributed by atoms with E-state index in [1.54, 1.807) is 13.2 Å². The summed E-state index contributed by atoms with van der Waals surface area (Å²) in [7, 11) is 1.69. The smallest absolute Gasteiger partial charge is 0.337 e. The predicted octanol–water partition coefficient (Wildman–Crippen LogP) is -0.0225. The van der Waals surface area contributed by atoms with E-state index in [1.807, 2.05) is 0 Å². The van der Waals surface area contributed by atoms with Crippen LogP contribution in [0.25, 0.3) is 0 Å². The third-order valence-electron chi connectivity index (χ3n) is 3.45. The first-order valence-corrected chi connectivity index (χ1v) is 6.96. The van der Waals surface area contributed by atoms with Crippen LogP contribution in [0.15, 0.2) is 35.9 Å². The van der Waals surface area contributed by atoms with Gasteiger partial charge in [-0.15, -0.1) is 4.91 Å². The summed E-state index contributed by atoms with van der Waals surface area (Å²) >= 11 is 0. The largest absolute Gasteiger partial charge is 0.489 e. The van der Waals surface area contributed by atoms with Crippen LogP contribution in [0.1, 0.15) is 5.69 Å². The molecule has 0 amide bonds. The normalized spacial score (nSPS) is 14.6. The van der Waals surface area contributed by atoms with Crippen molar-refractivity contribution in [3.63, 3.8) is 0 Å². The van der Waals surface area contributed by atoms with Crippen LogP contribution in [0.2, 0.25) is 0 Å². The SMILES string of the molecule is Cn1cc(OC[C@H](N)[C@](O)(Cc2cc(N=O)ccn2)C(=O)O)cn1. The maximum Gasteiger partial charge on any atom is 0.337 e. The Morgan fingerprint density at radius 2 is 2.33 bits per heavy atom. The molecule has 10 nitrogen and oxygen atoms in total. The van der Waals surface area contributed by atoms with E-state index in [2.05, 4.69) is 15.3 Å². The van der Waals surface area contributed by atoms with E-state index in [1.165, 1.54) is 29.2 Å². The molecule has 128 valence electrons. The van der Waals surface area contributed by atoms with Gasteiger partial charge in [-0.25, -0.2) is 4.79 Å². The lowest BCUT2D eigenvalue weighted by Gasteiger charge is -2.29. The van der Waals surface area contributed by atoms with E-state index in [4.69, 9.17) is 10.5 Å². The van der Waals surface area contributed by atoms with Gasteiger partial charge in [-0.1, -0.05) is 0 Å². The lowest BCUT2D eigenvalue weighted by molar-refractivity contribution is -0.161. The van der Waals surface area contributed by atoms with E-state index >= 15 is 0 Å². The Balaban J connectivity index is 2.12. The molecule has 2 rings (SSSR count). The van der Waals surface area contributed by atoms with Gasteiger partial charge < -0.3 is 20.7 Å². The summed E-state index contributed by atoms with van der Waals surface area (Å²) in [6, 6.07) is 1.40. The van der Waals surface area contributed by atoms with E-state index in [-0.39, 0.29) is 18.0 Å². The summed E-state index contributed by atoms with van der Waals surface area (Å²) in [5, 5.41) is 26.5. The zero-order valence-corrected chi connectivity index (χ0v) is 12.9. The fourth-order valence-corrected chi connectivity index (χ4v) is 2.06. The molecular weight excluding hydrogens is 318 g/mol. The quantitative estimate of drug-likeness (QED) is 0.569. The number of ether oxygens (including phenoxy) is 1. The number of aliphatic carboxylic acids is 1. The van der Waals surface area contributed by atoms with Crippen molar-refractivity contribution in [1.82, 2.24) is 14.8 Å². The standard InChI is InChI=1S/C14H17N5O5/c1-19-7-11(6-17-19)24-8-12(15)14(22,13(20)21)5-10-4-9(18-23)2-3-16-10/h2-4,6-7,12,22H,5,8,15H2,1H3,(H,20,21)/t12-,14+/m0/s1. The number of nitrogens with zero attached hydrogens (tertiary/aromatic N) is 4. The van der Waals surface area contributed by atoms with Gasteiger partial charge in [0.05, 0.1) is 18.4 Å². The van der Waals surface area contributed by atoms with Crippen LogP contribution in [-0.2, 0) is 18.3 Å². The van der Waals surface area contributed by atoms with E-state index in [9.17, 15) is 19.9 Å². The number of carboxylic acids is 1. The summed E-state index contributed by atoms with van der Waals surface area (Å²) in [5.41, 5.74) is 3.76. The molecule has 0 aliphatic heterocycles. The minimum Gasteiger partial charge on any atom is -0.489 e. The molecule has 0 fully saturated rings. The van der Waals surface area contributed by atoms with Crippen LogP contribution in [0, 0.1) is 4.91 Å². The number of nitrogens with two attached hydrogens (primary N) is 1. The minimum absolute atomic E-state index is 0.0768. The zero-order chi connectivity index (χ0) is 17.7. The highest BCUT2D eigenvalue weighted by molar-refractivity contribution is 5.78. The van der Waals surface area contributed by atoms with Crippen LogP contribution in [0.3, 0.4) is 0 Å². The molecule has 0 bridgehead atoms. The Morgan fingerprint density at radius 3 is 2.92 bits per heavy atom. The van der Waals surface area contributed by atoms with E-state index in [0.717, 1.165) is 0 Å². The maximum atomic E-state index is 11.5. The molecule has 4 N–H and O–H groups in total. The molecule has 24 heavy (non-hydrogen) atoms. The lowest BCUT2D eigenvalue weighted by Crippen LogP contribution is -2.58. The van der Waals surface area contributed by atoms with Gasteiger partial charge in [-0.3, -0.25) is 9.67 Å². The number of nitroso groups, excluding NO2 is 1. The average Bonchev–Trinajstić information content (AvgIpc) is 2.97. The Labute approximate surface area is 136 Å². The highest BCUT2D eigenvalue weighted by Gasteiger charge is 2.43. The Kier molecular flexibility index (Phi) is 5.21. The molecule has 0 aliphatic rings. The fraction of sp³-hybridized carbons (Fsp3) is 0.357. The van der Waals surface area contributed by atoms with E-state index < -0.39 is 24.0 Å². The van der Waals surface area contributed by atoms with Crippen molar-refractivity contribution in [3.8, 4) is 5.75 Å². The lowest BCUT2D eigenvalue weighted by atomic mass is 9.89. The van der Waals surface area contributed by atoms with Gasteiger partial charge >= 0.3 is 5.97 Å². The number of rotatable bonds is 8. The summed E-state index contributed by atoms with van der Waals surface area (Å²) in [6.07, 6.45) is 3.91. The number of aliphatic hydroxyl groups is 1. The number of aryl methyl sites for hydroxylation is 1.